The first kappa shape index (κ1) is 29.5. The third-order valence-electron chi connectivity index (χ3n) is 6.71. The van der Waals surface area contributed by atoms with Gasteiger partial charge in [0.15, 0.2) is 0 Å². The molecule has 0 radical (unpaired) electrons. The number of hydrogen-bond donors (Lipinski definition) is 5. The Labute approximate surface area is 222 Å². The number of hydroxylamine groups is 1. The van der Waals surface area contributed by atoms with Crippen molar-refractivity contribution in [1.82, 2.24) is 5.48 Å². The standard InChI is InChI=1S/C28H37NO9/c1-4-22-24(32)27(38-29-21(28(34)35)12-13-23(30)31)25(33)26(37-22)18-9-6-16(3)19(15-18)14-17-7-10-20(11-8-17)36-5-2/h6-11,15,21-22,24-27,29,32-33H,4-5,12-14H2,1-3H3,(H,30,31)(H,34,35)/t21-,22+,24+,25-,26-,27-/m0/s1. The highest BCUT2D eigenvalue weighted by Crippen LogP contribution is 2.35. The van der Waals surface area contributed by atoms with Crippen molar-refractivity contribution >= 4 is 11.9 Å². The van der Waals surface area contributed by atoms with E-state index in [1.165, 1.54) is 0 Å². The van der Waals surface area contributed by atoms with Gasteiger partial charge < -0.3 is 29.9 Å². The van der Waals surface area contributed by atoms with Crippen LogP contribution in [0.5, 0.6) is 5.75 Å². The molecule has 6 atom stereocenters. The Morgan fingerprint density at radius 2 is 1.76 bits per heavy atom. The van der Waals surface area contributed by atoms with Crippen molar-refractivity contribution in [3.05, 3.63) is 64.7 Å². The molecule has 2 aromatic carbocycles. The number of carboxylic acids is 2. The van der Waals surface area contributed by atoms with E-state index in [1.807, 2.05) is 63.2 Å². The van der Waals surface area contributed by atoms with Crippen molar-refractivity contribution in [3.63, 3.8) is 0 Å². The molecule has 0 bridgehead atoms. The van der Waals surface area contributed by atoms with E-state index in [0.717, 1.165) is 22.4 Å². The summed E-state index contributed by atoms with van der Waals surface area (Å²) in [5.41, 5.74) is 6.23. The van der Waals surface area contributed by atoms with Crippen LogP contribution in [0.4, 0.5) is 0 Å². The van der Waals surface area contributed by atoms with E-state index in [0.29, 0.717) is 25.0 Å². The molecule has 1 heterocycles. The number of nitrogens with one attached hydrogen (secondary N) is 1. The van der Waals surface area contributed by atoms with Gasteiger partial charge in [0, 0.05) is 6.42 Å². The van der Waals surface area contributed by atoms with Gasteiger partial charge in [0.05, 0.1) is 12.7 Å². The van der Waals surface area contributed by atoms with Crippen LogP contribution in [0.1, 0.15) is 61.5 Å². The normalized spacial score (nSPS) is 24.1. The van der Waals surface area contributed by atoms with E-state index in [4.69, 9.17) is 19.4 Å². The number of rotatable bonds is 13. The van der Waals surface area contributed by atoms with Crippen LogP contribution in [-0.2, 0) is 25.6 Å². The predicted molar refractivity (Wildman–Crippen MR) is 138 cm³/mol. The van der Waals surface area contributed by atoms with E-state index in [2.05, 4.69) is 5.48 Å². The first-order valence-electron chi connectivity index (χ1n) is 12.8. The summed E-state index contributed by atoms with van der Waals surface area (Å²) in [7, 11) is 0. The maximum Gasteiger partial charge on any atom is 0.323 e. The second-order valence-corrected chi connectivity index (χ2v) is 9.45. The summed E-state index contributed by atoms with van der Waals surface area (Å²) in [6.45, 7) is 6.36. The van der Waals surface area contributed by atoms with E-state index in [-0.39, 0.29) is 12.8 Å². The maximum absolute atomic E-state index is 11.5. The Bertz CT molecular complexity index is 1070. The van der Waals surface area contributed by atoms with Crippen LogP contribution in [-0.4, -0.2) is 69.4 Å². The van der Waals surface area contributed by atoms with Gasteiger partial charge in [-0.1, -0.05) is 37.3 Å². The molecule has 0 spiro atoms. The molecule has 1 aliphatic rings. The van der Waals surface area contributed by atoms with Crippen molar-refractivity contribution in [1.29, 1.82) is 0 Å². The molecule has 2 aromatic rings. The molecule has 0 amide bonds. The lowest BCUT2D eigenvalue weighted by atomic mass is 9.88. The Kier molecular flexibility index (Phi) is 10.6. The lowest BCUT2D eigenvalue weighted by Crippen LogP contribution is -2.57. The summed E-state index contributed by atoms with van der Waals surface area (Å²) in [4.78, 5) is 27.9. The molecule has 0 unspecified atom stereocenters. The number of aliphatic hydroxyl groups is 2. The summed E-state index contributed by atoms with van der Waals surface area (Å²) in [6, 6.07) is 12.3. The number of aryl methyl sites for hydroxylation is 1. The number of benzene rings is 2. The summed E-state index contributed by atoms with van der Waals surface area (Å²) in [5.74, 6) is -1.64. The zero-order valence-electron chi connectivity index (χ0n) is 21.9. The molecule has 1 aliphatic heterocycles. The molecule has 3 rings (SSSR count). The minimum Gasteiger partial charge on any atom is -0.494 e. The first-order valence-corrected chi connectivity index (χ1v) is 12.8. The Morgan fingerprint density at radius 1 is 1.05 bits per heavy atom. The average molecular weight is 532 g/mol. The fourth-order valence-electron chi connectivity index (χ4n) is 4.50. The predicted octanol–water partition coefficient (Wildman–Crippen LogP) is 2.76. The maximum atomic E-state index is 11.5. The Hall–Kier alpha value is -3.02. The zero-order chi connectivity index (χ0) is 27.8. The van der Waals surface area contributed by atoms with E-state index >= 15 is 0 Å². The molecule has 1 saturated heterocycles. The molecule has 1 fully saturated rings. The number of carboxylic acid groups (broad SMARTS) is 2. The third-order valence-corrected chi connectivity index (χ3v) is 6.71. The molecule has 5 N–H and O–H groups in total. The van der Waals surface area contributed by atoms with Crippen molar-refractivity contribution < 1.29 is 44.3 Å². The molecule has 208 valence electrons. The number of aliphatic carboxylic acids is 2. The number of ether oxygens (including phenoxy) is 2. The molecule has 10 nitrogen and oxygen atoms in total. The van der Waals surface area contributed by atoms with Gasteiger partial charge in [0.25, 0.3) is 0 Å². The lowest BCUT2D eigenvalue weighted by molar-refractivity contribution is -0.255. The van der Waals surface area contributed by atoms with Crippen molar-refractivity contribution in [2.24, 2.45) is 0 Å². The summed E-state index contributed by atoms with van der Waals surface area (Å²) >= 11 is 0. The first-order chi connectivity index (χ1) is 18.1. The SMILES string of the molecule is CCOc1ccc(Cc2cc([C@@H]3O[C@H](CC)[C@@H](O)[C@H](ON[C@@H](CCC(=O)O)C(=O)O)[C@H]3O)ccc2C)cc1. The summed E-state index contributed by atoms with van der Waals surface area (Å²) < 4.78 is 11.6. The molecule has 0 saturated carbocycles. The van der Waals surface area contributed by atoms with Crippen molar-refractivity contribution in [2.45, 2.75) is 83.0 Å². The van der Waals surface area contributed by atoms with Gasteiger partial charge in [-0.25, -0.2) is 0 Å². The molecular formula is C28H37NO9. The van der Waals surface area contributed by atoms with Gasteiger partial charge in [-0.05, 0) is 67.5 Å². The second kappa shape index (κ2) is 13.7. The zero-order valence-corrected chi connectivity index (χ0v) is 21.9. The molecule has 10 heteroatoms. The number of aliphatic hydroxyl groups excluding tert-OH is 2. The Balaban J connectivity index is 1.79. The molecule has 0 aliphatic carbocycles. The smallest absolute Gasteiger partial charge is 0.323 e. The number of carbonyl (C=O) groups is 2. The van der Waals surface area contributed by atoms with Gasteiger partial charge in [-0.2, -0.15) is 5.48 Å². The topological polar surface area (TPSA) is 155 Å². The van der Waals surface area contributed by atoms with Gasteiger partial charge in [-0.15, -0.1) is 0 Å². The van der Waals surface area contributed by atoms with E-state index in [9.17, 15) is 24.9 Å². The van der Waals surface area contributed by atoms with Crippen LogP contribution in [0.3, 0.4) is 0 Å². The molecule has 0 aromatic heterocycles. The summed E-state index contributed by atoms with van der Waals surface area (Å²) in [6.07, 6.45) is -4.81. The highest BCUT2D eigenvalue weighted by molar-refractivity contribution is 5.74. The fourth-order valence-corrected chi connectivity index (χ4v) is 4.50. The van der Waals surface area contributed by atoms with Crippen LogP contribution in [0, 0.1) is 6.92 Å². The minimum absolute atomic E-state index is 0.229. The quantitative estimate of drug-likeness (QED) is 0.244. The second-order valence-electron chi connectivity index (χ2n) is 9.45. The molecular weight excluding hydrogens is 494 g/mol. The van der Waals surface area contributed by atoms with Crippen molar-refractivity contribution in [3.8, 4) is 5.75 Å². The average Bonchev–Trinajstić information content (AvgIpc) is 2.88. The van der Waals surface area contributed by atoms with Gasteiger partial charge >= 0.3 is 11.9 Å². The van der Waals surface area contributed by atoms with E-state index < -0.39 is 48.5 Å². The lowest BCUT2D eigenvalue weighted by Gasteiger charge is -2.42. The minimum atomic E-state index is -1.33. The van der Waals surface area contributed by atoms with Gasteiger partial charge in [0.1, 0.15) is 36.2 Å². The van der Waals surface area contributed by atoms with Crippen LogP contribution in [0.25, 0.3) is 0 Å². The van der Waals surface area contributed by atoms with Crippen LogP contribution >= 0.6 is 0 Å². The van der Waals surface area contributed by atoms with Crippen LogP contribution in [0.2, 0.25) is 0 Å². The van der Waals surface area contributed by atoms with Crippen LogP contribution in [0.15, 0.2) is 42.5 Å². The third kappa shape index (κ3) is 7.52. The highest BCUT2D eigenvalue weighted by Gasteiger charge is 2.46. The Morgan fingerprint density at radius 3 is 2.37 bits per heavy atom. The largest absolute Gasteiger partial charge is 0.494 e. The monoisotopic (exact) mass is 531 g/mol. The number of hydrogen-bond acceptors (Lipinski definition) is 8. The van der Waals surface area contributed by atoms with Gasteiger partial charge in [-0.3, -0.25) is 14.4 Å². The highest BCUT2D eigenvalue weighted by atomic mass is 16.7. The fraction of sp³-hybridized carbons (Fsp3) is 0.500. The van der Waals surface area contributed by atoms with Crippen LogP contribution < -0.4 is 10.2 Å². The molecule has 38 heavy (non-hydrogen) atoms. The van der Waals surface area contributed by atoms with Gasteiger partial charge in [0.2, 0.25) is 0 Å². The van der Waals surface area contributed by atoms with Crippen molar-refractivity contribution in [2.75, 3.05) is 6.61 Å². The summed E-state index contributed by atoms with van der Waals surface area (Å²) in [5, 5.41) is 40.2. The van der Waals surface area contributed by atoms with E-state index in [1.54, 1.807) is 0 Å².